The van der Waals surface area contributed by atoms with Gasteiger partial charge in [-0.1, -0.05) is 32.0 Å². The van der Waals surface area contributed by atoms with Gasteiger partial charge in [0, 0.05) is 32.7 Å². The molecule has 0 radical (unpaired) electrons. The van der Waals surface area contributed by atoms with E-state index in [1.54, 1.807) is 35.8 Å². The second kappa shape index (κ2) is 12.4. The molecule has 0 saturated carbocycles. The Balaban J connectivity index is 1.39. The van der Waals surface area contributed by atoms with Gasteiger partial charge in [-0.25, -0.2) is 0 Å². The molecule has 1 aromatic heterocycles. The van der Waals surface area contributed by atoms with Gasteiger partial charge in [0.1, 0.15) is 17.2 Å². The summed E-state index contributed by atoms with van der Waals surface area (Å²) in [6.07, 6.45) is 1.01. The van der Waals surface area contributed by atoms with Crippen LogP contribution >= 0.6 is 0 Å². The van der Waals surface area contributed by atoms with Crippen molar-refractivity contribution < 1.29 is 23.9 Å². The lowest BCUT2D eigenvalue weighted by atomic mass is 10.0. The molecule has 222 valence electrons. The van der Waals surface area contributed by atoms with E-state index in [4.69, 9.17) is 9.47 Å². The summed E-state index contributed by atoms with van der Waals surface area (Å²) in [6, 6.07) is 14.3. The molecule has 3 heterocycles. The Hall–Kier alpha value is -4.18. The van der Waals surface area contributed by atoms with Gasteiger partial charge in [0.2, 0.25) is 5.91 Å². The van der Waals surface area contributed by atoms with Gasteiger partial charge < -0.3 is 24.6 Å². The van der Waals surface area contributed by atoms with E-state index in [0.29, 0.717) is 48.2 Å². The summed E-state index contributed by atoms with van der Waals surface area (Å²) in [5.74, 6) is 0.892. The van der Waals surface area contributed by atoms with Crippen molar-refractivity contribution in [2.75, 3.05) is 26.7 Å². The minimum atomic E-state index is -0.458. The van der Waals surface area contributed by atoms with Crippen LogP contribution in [0.25, 0.3) is 0 Å². The molecule has 2 aromatic carbocycles. The van der Waals surface area contributed by atoms with Gasteiger partial charge in [0.05, 0.1) is 31.0 Å². The number of carbonyl (C=O) groups is 3. The van der Waals surface area contributed by atoms with Gasteiger partial charge in [0.15, 0.2) is 0 Å². The van der Waals surface area contributed by atoms with Crippen LogP contribution in [0, 0.1) is 12.8 Å². The van der Waals surface area contributed by atoms with Crippen molar-refractivity contribution in [3.63, 3.8) is 0 Å². The maximum absolute atomic E-state index is 13.6. The van der Waals surface area contributed by atoms with E-state index < -0.39 is 6.04 Å². The predicted molar refractivity (Wildman–Crippen MR) is 157 cm³/mol. The number of rotatable bonds is 3. The maximum atomic E-state index is 13.6. The van der Waals surface area contributed by atoms with E-state index in [-0.39, 0.29) is 36.9 Å². The Kier molecular flexibility index (Phi) is 8.63. The Morgan fingerprint density at radius 3 is 2.71 bits per heavy atom. The zero-order valence-corrected chi connectivity index (χ0v) is 24.9. The van der Waals surface area contributed by atoms with E-state index in [0.717, 1.165) is 23.2 Å². The molecule has 1 N–H and O–H groups in total. The number of likely N-dealkylation sites (tertiary alicyclic amines) is 1. The first-order valence-electron chi connectivity index (χ1n) is 14.4. The first-order chi connectivity index (χ1) is 20.1. The number of carbonyl (C=O) groups excluding carboxylic acids is 3. The summed E-state index contributed by atoms with van der Waals surface area (Å²) < 4.78 is 14.1. The molecule has 10 heteroatoms. The van der Waals surface area contributed by atoms with Crippen LogP contribution in [0.5, 0.6) is 11.5 Å². The summed E-state index contributed by atoms with van der Waals surface area (Å²) in [5.41, 5.74) is 3.63. The standard InChI is InChI=1S/C32H39N5O5/c1-20(2)13-24-16-27(36(5)34-24)32(40)37-12-11-28-26(17-37)33-30(38)18-35(4)31(39)23-10-9-21(3)29(15-23)42-25-8-6-7-22(14-25)19-41-28/h6-10,14-16,20,26,28H,11-13,17-19H2,1-5H3,(H,33,38)/t26-,28+/m0/s1. The molecule has 5 rings (SSSR count). The zero-order chi connectivity index (χ0) is 30.0. The molecule has 0 spiro atoms. The van der Waals surface area contributed by atoms with Crippen LogP contribution in [0.1, 0.15) is 57.9 Å². The molecule has 2 aliphatic heterocycles. The van der Waals surface area contributed by atoms with Crippen LogP contribution < -0.4 is 10.1 Å². The topological polar surface area (TPSA) is 106 Å². The third kappa shape index (κ3) is 6.65. The molecule has 1 saturated heterocycles. The first kappa shape index (κ1) is 29.3. The number of nitrogens with one attached hydrogen (secondary N) is 1. The van der Waals surface area contributed by atoms with Gasteiger partial charge in [-0.05, 0) is 67.1 Å². The predicted octanol–water partition coefficient (Wildman–Crippen LogP) is 3.72. The molecule has 4 bridgehead atoms. The molecular weight excluding hydrogens is 534 g/mol. The van der Waals surface area contributed by atoms with Crippen molar-refractivity contribution in [1.29, 1.82) is 0 Å². The van der Waals surface area contributed by atoms with Gasteiger partial charge in [-0.15, -0.1) is 0 Å². The molecule has 10 nitrogen and oxygen atoms in total. The van der Waals surface area contributed by atoms with E-state index >= 15 is 0 Å². The second-order valence-electron chi connectivity index (χ2n) is 11.7. The number of hydrogen-bond donors (Lipinski definition) is 1. The van der Waals surface area contributed by atoms with Crippen molar-refractivity contribution in [3.8, 4) is 11.5 Å². The highest BCUT2D eigenvalue weighted by molar-refractivity contribution is 5.97. The van der Waals surface area contributed by atoms with Crippen LogP contribution in [-0.4, -0.2) is 76.1 Å². The van der Waals surface area contributed by atoms with Crippen molar-refractivity contribution in [2.24, 2.45) is 13.0 Å². The molecule has 3 amide bonds. The fourth-order valence-corrected chi connectivity index (χ4v) is 5.49. The van der Waals surface area contributed by atoms with Gasteiger partial charge in [-0.3, -0.25) is 19.1 Å². The van der Waals surface area contributed by atoms with Crippen LogP contribution in [0.2, 0.25) is 0 Å². The molecule has 0 aliphatic carbocycles. The fourth-order valence-electron chi connectivity index (χ4n) is 5.49. The molecule has 1 fully saturated rings. The lowest BCUT2D eigenvalue weighted by Gasteiger charge is -2.39. The number of ether oxygens (including phenoxy) is 2. The summed E-state index contributed by atoms with van der Waals surface area (Å²) in [6.45, 7) is 7.10. The van der Waals surface area contributed by atoms with E-state index in [2.05, 4.69) is 24.3 Å². The quantitative estimate of drug-likeness (QED) is 0.512. The highest BCUT2D eigenvalue weighted by Gasteiger charge is 2.35. The SMILES string of the molecule is Cc1ccc2cc1Oc1cccc(c1)CO[C@@H]1CCN(C(=O)c3cc(CC(C)C)nn3C)C[C@@H]1NC(=O)CN(C)C2=O. The number of fused-ring (bicyclic) bond motifs is 5. The second-order valence-corrected chi connectivity index (χ2v) is 11.7. The average molecular weight is 574 g/mol. The van der Waals surface area contributed by atoms with Crippen molar-refractivity contribution in [1.82, 2.24) is 24.9 Å². The Morgan fingerprint density at radius 2 is 1.93 bits per heavy atom. The van der Waals surface area contributed by atoms with E-state index in [9.17, 15) is 14.4 Å². The normalized spacial score (nSPS) is 19.8. The number of likely N-dealkylation sites (N-methyl/N-ethyl adjacent to an activating group) is 1. The number of aromatic nitrogens is 2. The summed E-state index contributed by atoms with van der Waals surface area (Å²) in [4.78, 5) is 43.1. The number of piperidine rings is 1. The van der Waals surface area contributed by atoms with Crippen LogP contribution in [0.4, 0.5) is 0 Å². The van der Waals surface area contributed by atoms with Crippen molar-refractivity contribution in [3.05, 3.63) is 76.6 Å². The molecule has 2 atom stereocenters. The minimum Gasteiger partial charge on any atom is -0.457 e. The molecular formula is C32H39N5O5. The Labute approximate surface area is 246 Å². The number of aryl methyl sites for hydroxylation is 2. The zero-order valence-electron chi connectivity index (χ0n) is 24.9. The lowest BCUT2D eigenvalue weighted by molar-refractivity contribution is -0.124. The largest absolute Gasteiger partial charge is 0.457 e. The van der Waals surface area contributed by atoms with E-state index in [1.807, 2.05) is 43.3 Å². The Morgan fingerprint density at radius 1 is 1.12 bits per heavy atom. The van der Waals surface area contributed by atoms with Gasteiger partial charge >= 0.3 is 0 Å². The van der Waals surface area contributed by atoms with E-state index in [1.165, 1.54) is 4.90 Å². The van der Waals surface area contributed by atoms with Crippen molar-refractivity contribution >= 4 is 17.7 Å². The summed E-state index contributed by atoms with van der Waals surface area (Å²) >= 11 is 0. The van der Waals surface area contributed by atoms with Crippen LogP contribution in [0.15, 0.2) is 48.5 Å². The number of nitrogens with zero attached hydrogens (tertiary/aromatic N) is 4. The van der Waals surface area contributed by atoms with Gasteiger partial charge in [0.25, 0.3) is 11.8 Å². The molecule has 42 heavy (non-hydrogen) atoms. The molecule has 3 aromatic rings. The van der Waals surface area contributed by atoms with Crippen molar-refractivity contribution in [2.45, 2.75) is 52.4 Å². The number of amides is 3. The highest BCUT2D eigenvalue weighted by Crippen LogP contribution is 2.28. The summed E-state index contributed by atoms with van der Waals surface area (Å²) in [7, 11) is 3.37. The lowest BCUT2D eigenvalue weighted by Crippen LogP contribution is -2.58. The highest BCUT2D eigenvalue weighted by atomic mass is 16.5. The monoisotopic (exact) mass is 573 g/mol. The fraction of sp³-hybridized carbons (Fsp3) is 0.438. The van der Waals surface area contributed by atoms with Gasteiger partial charge in [-0.2, -0.15) is 5.10 Å². The number of hydrogen-bond acceptors (Lipinski definition) is 6. The van der Waals surface area contributed by atoms with Crippen LogP contribution in [-0.2, 0) is 29.6 Å². The number of benzene rings is 2. The average Bonchev–Trinajstić information content (AvgIpc) is 3.31. The molecule has 0 unspecified atom stereocenters. The Bertz CT molecular complexity index is 1480. The smallest absolute Gasteiger partial charge is 0.272 e. The van der Waals surface area contributed by atoms with Crippen LogP contribution in [0.3, 0.4) is 0 Å². The molecule has 2 aliphatic rings. The summed E-state index contributed by atoms with van der Waals surface area (Å²) in [5, 5.41) is 7.59. The minimum absolute atomic E-state index is 0.132. The third-order valence-corrected chi connectivity index (χ3v) is 7.70. The maximum Gasteiger partial charge on any atom is 0.272 e. The third-order valence-electron chi connectivity index (χ3n) is 7.70. The first-order valence-corrected chi connectivity index (χ1v) is 14.4.